The van der Waals surface area contributed by atoms with Crippen LogP contribution in [0.2, 0.25) is 0 Å². The Morgan fingerprint density at radius 3 is 2.70 bits per heavy atom. The molecule has 1 aromatic heterocycles. The van der Waals surface area contributed by atoms with E-state index in [1.54, 1.807) is 29.1 Å². The monoisotopic (exact) mass is 294 g/mol. The summed E-state index contributed by atoms with van der Waals surface area (Å²) in [7, 11) is 1.49. The van der Waals surface area contributed by atoms with Crippen molar-refractivity contribution in [1.82, 2.24) is 14.1 Å². The summed E-state index contributed by atoms with van der Waals surface area (Å²) < 4.78 is 27.0. The second kappa shape index (κ2) is 5.64. The third-order valence-corrected chi connectivity index (χ3v) is 4.68. The van der Waals surface area contributed by atoms with E-state index in [9.17, 15) is 8.42 Å². The van der Waals surface area contributed by atoms with Crippen LogP contribution in [0.1, 0.15) is 5.56 Å². The van der Waals surface area contributed by atoms with Crippen molar-refractivity contribution in [2.45, 2.75) is 11.4 Å². The molecule has 2 rings (SSSR count). The number of hydrogen-bond donors (Lipinski definition) is 1. The molecule has 0 aliphatic rings. The maximum Gasteiger partial charge on any atom is 0.242 e. The van der Waals surface area contributed by atoms with E-state index in [1.165, 1.54) is 18.4 Å². The zero-order chi connectivity index (χ0) is 14.8. The molecule has 0 atom stereocenters. The average Bonchev–Trinajstić information content (AvgIpc) is 2.82. The van der Waals surface area contributed by atoms with Gasteiger partial charge in [-0.05, 0) is 18.2 Å². The molecule has 2 aromatic rings. The number of nitrogens with one attached hydrogen (secondary N) is 1. The first-order valence-corrected chi connectivity index (χ1v) is 7.57. The third kappa shape index (κ3) is 3.17. The van der Waals surface area contributed by atoms with Crippen molar-refractivity contribution in [3.8, 4) is 0 Å². The molecule has 6 nitrogen and oxygen atoms in total. The van der Waals surface area contributed by atoms with Crippen LogP contribution in [0.15, 0.2) is 41.6 Å². The number of anilines is 1. The van der Waals surface area contributed by atoms with Crippen LogP contribution in [-0.4, -0.2) is 36.6 Å². The fourth-order valence-corrected chi connectivity index (χ4v) is 2.69. The Labute approximate surface area is 119 Å². The number of hydrogen-bond acceptors (Lipinski definition) is 4. The van der Waals surface area contributed by atoms with Gasteiger partial charge in [0, 0.05) is 45.1 Å². The molecule has 0 unspecified atom stereocenters. The summed E-state index contributed by atoms with van der Waals surface area (Å²) in [5, 5.41) is 7.27. The van der Waals surface area contributed by atoms with Crippen molar-refractivity contribution < 1.29 is 8.42 Å². The van der Waals surface area contributed by atoms with Crippen LogP contribution in [0.5, 0.6) is 0 Å². The minimum Gasteiger partial charge on any atom is -0.381 e. The summed E-state index contributed by atoms with van der Waals surface area (Å²) in [5.74, 6) is 0. The first kappa shape index (κ1) is 14.5. The minimum atomic E-state index is -3.40. The molecule has 7 heteroatoms. The fraction of sp³-hybridized carbons (Fsp3) is 0.308. The standard InChI is InChI=1S/C13H18N4O2S/c1-16(2)20(18,19)13-6-4-5-12(7-13)14-8-11-9-15-17(3)10-11/h4-7,9-10,14H,8H2,1-3H3. The van der Waals surface area contributed by atoms with Crippen LogP contribution in [0.3, 0.4) is 0 Å². The molecule has 0 radical (unpaired) electrons. The maximum atomic E-state index is 12.0. The summed E-state index contributed by atoms with van der Waals surface area (Å²) in [4.78, 5) is 0.277. The van der Waals surface area contributed by atoms with E-state index in [2.05, 4.69) is 10.4 Å². The van der Waals surface area contributed by atoms with Crippen LogP contribution < -0.4 is 5.32 Å². The molecule has 0 saturated heterocycles. The average molecular weight is 294 g/mol. The van der Waals surface area contributed by atoms with E-state index in [0.717, 1.165) is 11.3 Å². The molecule has 0 amide bonds. The van der Waals surface area contributed by atoms with Gasteiger partial charge in [-0.25, -0.2) is 12.7 Å². The topological polar surface area (TPSA) is 67.2 Å². The highest BCUT2D eigenvalue weighted by atomic mass is 32.2. The molecular formula is C13H18N4O2S. The minimum absolute atomic E-state index is 0.277. The largest absolute Gasteiger partial charge is 0.381 e. The highest BCUT2D eigenvalue weighted by Gasteiger charge is 2.17. The first-order valence-electron chi connectivity index (χ1n) is 6.13. The fourth-order valence-electron chi connectivity index (χ4n) is 1.74. The van der Waals surface area contributed by atoms with Gasteiger partial charge in [-0.1, -0.05) is 6.07 Å². The molecule has 0 aliphatic carbocycles. The molecule has 1 aromatic carbocycles. The summed E-state index contributed by atoms with van der Waals surface area (Å²) in [6, 6.07) is 6.78. The molecule has 0 saturated carbocycles. The molecule has 1 heterocycles. The third-order valence-electron chi connectivity index (χ3n) is 2.87. The Kier molecular flexibility index (Phi) is 4.10. The lowest BCUT2D eigenvalue weighted by Crippen LogP contribution is -2.22. The van der Waals surface area contributed by atoms with Crippen molar-refractivity contribution in [2.24, 2.45) is 7.05 Å². The summed E-state index contributed by atoms with van der Waals surface area (Å²) in [5.41, 5.74) is 1.80. The van der Waals surface area contributed by atoms with E-state index >= 15 is 0 Å². The molecule has 108 valence electrons. The van der Waals surface area contributed by atoms with Crippen LogP contribution in [0.4, 0.5) is 5.69 Å². The van der Waals surface area contributed by atoms with Gasteiger partial charge in [-0.3, -0.25) is 4.68 Å². The van der Waals surface area contributed by atoms with Gasteiger partial charge in [0.25, 0.3) is 0 Å². The van der Waals surface area contributed by atoms with Crippen molar-refractivity contribution >= 4 is 15.7 Å². The molecule has 0 bridgehead atoms. The van der Waals surface area contributed by atoms with Crippen molar-refractivity contribution in [1.29, 1.82) is 0 Å². The molecular weight excluding hydrogens is 276 g/mol. The van der Waals surface area contributed by atoms with Gasteiger partial charge in [0.15, 0.2) is 0 Å². The Morgan fingerprint density at radius 2 is 2.10 bits per heavy atom. The van der Waals surface area contributed by atoms with Gasteiger partial charge in [-0.15, -0.1) is 0 Å². The van der Waals surface area contributed by atoms with E-state index in [4.69, 9.17) is 0 Å². The Morgan fingerprint density at radius 1 is 1.35 bits per heavy atom. The normalized spacial score (nSPS) is 11.8. The lowest BCUT2D eigenvalue weighted by Gasteiger charge is -2.12. The molecule has 0 fully saturated rings. The van der Waals surface area contributed by atoms with Crippen molar-refractivity contribution in [3.05, 3.63) is 42.2 Å². The molecule has 0 spiro atoms. The summed E-state index contributed by atoms with van der Waals surface area (Å²) in [6.45, 7) is 0.597. The van der Waals surface area contributed by atoms with Gasteiger partial charge in [0.1, 0.15) is 0 Å². The Hall–Kier alpha value is -1.86. The van der Waals surface area contributed by atoms with Crippen LogP contribution >= 0.6 is 0 Å². The predicted octanol–water partition coefficient (Wildman–Crippen LogP) is 1.28. The number of nitrogens with zero attached hydrogens (tertiary/aromatic N) is 3. The van der Waals surface area contributed by atoms with Crippen LogP contribution in [0, 0.1) is 0 Å². The number of rotatable bonds is 5. The highest BCUT2D eigenvalue weighted by Crippen LogP contribution is 2.18. The summed E-state index contributed by atoms with van der Waals surface area (Å²) in [6.07, 6.45) is 3.68. The smallest absolute Gasteiger partial charge is 0.242 e. The van der Waals surface area contributed by atoms with Gasteiger partial charge in [-0.2, -0.15) is 5.10 Å². The van der Waals surface area contributed by atoms with E-state index < -0.39 is 10.0 Å². The zero-order valence-corrected chi connectivity index (χ0v) is 12.6. The first-order chi connectivity index (χ1) is 9.39. The number of aryl methyl sites for hydroxylation is 1. The van der Waals surface area contributed by atoms with Gasteiger partial charge in [0.2, 0.25) is 10.0 Å². The van der Waals surface area contributed by atoms with Gasteiger partial charge >= 0.3 is 0 Å². The lowest BCUT2D eigenvalue weighted by molar-refractivity contribution is 0.521. The maximum absolute atomic E-state index is 12.0. The highest BCUT2D eigenvalue weighted by molar-refractivity contribution is 7.89. The Bertz CT molecular complexity index is 692. The van der Waals surface area contributed by atoms with Gasteiger partial charge < -0.3 is 5.32 Å². The Balaban J connectivity index is 2.14. The van der Waals surface area contributed by atoms with Gasteiger partial charge in [0.05, 0.1) is 11.1 Å². The number of benzene rings is 1. The van der Waals surface area contributed by atoms with E-state index in [-0.39, 0.29) is 4.90 Å². The summed E-state index contributed by atoms with van der Waals surface area (Å²) >= 11 is 0. The van der Waals surface area contributed by atoms with E-state index in [1.807, 2.05) is 19.3 Å². The second-order valence-corrected chi connectivity index (χ2v) is 6.84. The molecule has 0 aliphatic heterocycles. The second-order valence-electron chi connectivity index (χ2n) is 4.69. The van der Waals surface area contributed by atoms with E-state index in [0.29, 0.717) is 6.54 Å². The van der Waals surface area contributed by atoms with Crippen molar-refractivity contribution in [3.63, 3.8) is 0 Å². The predicted molar refractivity (Wildman–Crippen MR) is 77.8 cm³/mol. The quantitative estimate of drug-likeness (QED) is 0.902. The van der Waals surface area contributed by atoms with Crippen LogP contribution in [-0.2, 0) is 23.6 Å². The molecule has 1 N–H and O–H groups in total. The number of sulfonamides is 1. The SMILES string of the molecule is CN(C)S(=O)(=O)c1cccc(NCc2cnn(C)c2)c1. The zero-order valence-electron chi connectivity index (χ0n) is 11.7. The number of aromatic nitrogens is 2. The molecule has 20 heavy (non-hydrogen) atoms. The van der Waals surface area contributed by atoms with Crippen molar-refractivity contribution in [2.75, 3.05) is 19.4 Å². The lowest BCUT2D eigenvalue weighted by atomic mass is 10.3. The van der Waals surface area contributed by atoms with Crippen LogP contribution in [0.25, 0.3) is 0 Å².